The molecule has 5 nitrogen and oxygen atoms in total. The van der Waals surface area contributed by atoms with Crippen molar-refractivity contribution in [2.75, 3.05) is 0 Å². The molecule has 2 atom stereocenters. The van der Waals surface area contributed by atoms with Gasteiger partial charge in [0.15, 0.2) is 5.72 Å². The van der Waals surface area contributed by atoms with Crippen molar-refractivity contribution < 1.29 is 9.90 Å². The first-order valence-corrected chi connectivity index (χ1v) is 7.09. The van der Waals surface area contributed by atoms with Gasteiger partial charge in [0.25, 0.3) is 5.91 Å². The van der Waals surface area contributed by atoms with Crippen LogP contribution in [0.15, 0.2) is 29.1 Å². The zero-order valence-electron chi connectivity index (χ0n) is 12.3. The van der Waals surface area contributed by atoms with E-state index in [9.17, 15) is 14.7 Å². The molecule has 3 rings (SSSR count). The van der Waals surface area contributed by atoms with Crippen LogP contribution in [0.3, 0.4) is 0 Å². The number of aromatic nitrogens is 1. The van der Waals surface area contributed by atoms with Crippen LogP contribution in [-0.4, -0.2) is 15.6 Å². The van der Waals surface area contributed by atoms with Gasteiger partial charge in [-0.1, -0.05) is 26.0 Å². The van der Waals surface area contributed by atoms with Gasteiger partial charge >= 0.3 is 0 Å². The lowest BCUT2D eigenvalue weighted by atomic mass is 9.91. The molecular formula is C16H18N2O3. The van der Waals surface area contributed by atoms with Gasteiger partial charge in [-0.3, -0.25) is 9.59 Å². The van der Waals surface area contributed by atoms with Crippen LogP contribution in [0.5, 0.6) is 0 Å². The highest BCUT2D eigenvalue weighted by molar-refractivity contribution is 6.02. The summed E-state index contributed by atoms with van der Waals surface area (Å²) in [6.45, 7) is 3.79. The first kappa shape index (κ1) is 13.8. The fraction of sp³-hybridized carbons (Fsp3) is 0.375. The van der Waals surface area contributed by atoms with E-state index in [0.717, 1.165) is 0 Å². The van der Waals surface area contributed by atoms with Gasteiger partial charge in [-0.05, 0) is 18.6 Å². The summed E-state index contributed by atoms with van der Waals surface area (Å²) >= 11 is 0. The molecule has 0 radical (unpaired) electrons. The molecule has 1 amide bonds. The summed E-state index contributed by atoms with van der Waals surface area (Å²) in [4.78, 5) is 24.8. The Hall–Kier alpha value is -2.14. The molecule has 2 aromatic rings. The van der Waals surface area contributed by atoms with Crippen molar-refractivity contribution in [2.45, 2.75) is 26.0 Å². The molecule has 0 saturated heterocycles. The van der Waals surface area contributed by atoms with Crippen LogP contribution in [0, 0.1) is 5.92 Å². The normalized spacial score (nSPS) is 22.2. The predicted molar refractivity (Wildman–Crippen MR) is 80.0 cm³/mol. The topological polar surface area (TPSA) is 71.3 Å². The maximum Gasteiger partial charge on any atom is 0.259 e. The Morgan fingerprint density at radius 1 is 1.33 bits per heavy atom. The van der Waals surface area contributed by atoms with E-state index in [1.54, 1.807) is 23.7 Å². The SMILES string of the molecule is CC[C@@H](C)[C@]1(O)NC(=O)c2c1n(C)c1ccccc1c2=O. The van der Waals surface area contributed by atoms with Gasteiger partial charge in [-0.2, -0.15) is 0 Å². The fourth-order valence-electron chi connectivity index (χ4n) is 3.09. The Morgan fingerprint density at radius 3 is 2.67 bits per heavy atom. The van der Waals surface area contributed by atoms with E-state index in [4.69, 9.17) is 0 Å². The van der Waals surface area contributed by atoms with E-state index < -0.39 is 11.6 Å². The minimum Gasteiger partial charge on any atom is -0.365 e. The lowest BCUT2D eigenvalue weighted by Crippen LogP contribution is -2.45. The number of pyridine rings is 1. The highest BCUT2D eigenvalue weighted by Gasteiger charge is 2.48. The molecule has 2 N–H and O–H groups in total. The molecule has 0 aliphatic carbocycles. The molecule has 110 valence electrons. The summed E-state index contributed by atoms with van der Waals surface area (Å²) in [5.74, 6) is -0.700. The van der Waals surface area contributed by atoms with E-state index in [2.05, 4.69) is 5.32 Å². The average Bonchev–Trinajstić information content (AvgIpc) is 2.76. The minimum atomic E-state index is -1.50. The highest BCUT2D eigenvalue weighted by Crippen LogP contribution is 2.36. The zero-order valence-corrected chi connectivity index (χ0v) is 12.3. The standard InChI is InChI=1S/C16H18N2O3/c1-4-9(2)16(21)14-12(15(20)17-16)13(19)10-7-5-6-8-11(10)18(14)3/h5-9,21H,4H2,1-3H3,(H,17,20)/t9-,16-/m1/s1. The second-order valence-corrected chi connectivity index (χ2v) is 5.66. The molecule has 0 saturated carbocycles. The Balaban J connectivity index is 2.46. The van der Waals surface area contributed by atoms with Crippen LogP contribution in [0.1, 0.15) is 36.3 Å². The van der Waals surface area contributed by atoms with Gasteiger partial charge in [-0.25, -0.2) is 0 Å². The molecule has 21 heavy (non-hydrogen) atoms. The molecule has 0 unspecified atom stereocenters. The van der Waals surface area contributed by atoms with E-state index in [0.29, 0.717) is 23.0 Å². The van der Waals surface area contributed by atoms with Gasteiger partial charge in [0.1, 0.15) is 5.56 Å². The van der Waals surface area contributed by atoms with Gasteiger partial charge in [-0.15, -0.1) is 0 Å². The van der Waals surface area contributed by atoms with E-state index in [1.165, 1.54) is 0 Å². The summed E-state index contributed by atoms with van der Waals surface area (Å²) in [6, 6.07) is 7.12. The van der Waals surface area contributed by atoms with E-state index in [-0.39, 0.29) is 16.9 Å². The zero-order chi connectivity index (χ0) is 15.4. The van der Waals surface area contributed by atoms with Crippen LogP contribution < -0.4 is 10.7 Å². The van der Waals surface area contributed by atoms with Gasteiger partial charge in [0.05, 0.1) is 11.2 Å². The molecule has 1 aliphatic rings. The van der Waals surface area contributed by atoms with Crippen molar-refractivity contribution in [1.29, 1.82) is 0 Å². The third-order valence-corrected chi connectivity index (χ3v) is 4.53. The quantitative estimate of drug-likeness (QED) is 0.878. The maximum absolute atomic E-state index is 12.6. The first-order chi connectivity index (χ1) is 9.91. The lowest BCUT2D eigenvalue weighted by molar-refractivity contribution is -0.0414. The van der Waals surface area contributed by atoms with Crippen LogP contribution in [0.4, 0.5) is 0 Å². The molecule has 0 fully saturated rings. The number of fused-ring (bicyclic) bond motifs is 2. The summed E-state index contributed by atoms with van der Waals surface area (Å²) < 4.78 is 1.75. The van der Waals surface area contributed by atoms with Crippen molar-refractivity contribution in [3.05, 3.63) is 45.7 Å². The van der Waals surface area contributed by atoms with Crippen LogP contribution in [-0.2, 0) is 12.8 Å². The molecule has 1 aliphatic heterocycles. The number of hydrogen-bond donors (Lipinski definition) is 2. The molecule has 0 spiro atoms. The number of aliphatic hydroxyl groups is 1. The van der Waals surface area contributed by atoms with Crippen molar-refractivity contribution in [1.82, 2.24) is 9.88 Å². The molecule has 5 heteroatoms. The number of nitrogens with one attached hydrogen (secondary N) is 1. The molecule has 0 bridgehead atoms. The maximum atomic E-state index is 12.6. The van der Waals surface area contributed by atoms with Gasteiger partial charge in [0.2, 0.25) is 5.43 Å². The highest BCUT2D eigenvalue weighted by atomic mass is 16.3. The molecule has 1 aromatic carbocycles. The second-order valence-electron chi connectivity index (χ2n) is 5.66. The van der Waals surface area contributed by atoms with Gasteiger partial charge in [0, 0.05) is 18.4 Å². The Morgan fingerprint density at radius 2 is 2.00 bits per heavy atom. The van der Waals surface area contributed by atoms with Crippen LogP contribution in [0.2, 0.25) is 0 Å². The minimum absolute atomic E-state index is 0.0546. The fourth-order valence-corrected chi connectivity index (χ4v) is 3.09. The number of nitrogens with zero attached hydrogens (tertiary/aromatic N) is 1. The van der Waals surface area contributed by atoms with Crippen molar-refractivity contribution in [3.8, 4) is 0 Å². The number of amides is 1. The van der Waals surface area contributed by atoms with Gasteiger partial charge < -0.3 is 15.0 Å². The van der Waals surface area contributed by atoms with Crippen molar-refractivity contribution in [2.24, 2.45) is 13.0 Å². The van der Waals surface area contributed by atoms with E-state index in [1.807, 2.05) is 26.0 Å². The number of carbonyl (C=O) groups is 1. The Bertz CT molecular complexity index is 809. The number of carbonyl (C=O) groups excluding carboxylic acids is 1. The first-order valence-electron chi connectivity index (χ1n) is 7.09. The molecule has 2 heterocycles. The molecular weight excluding hydrogens is 268 g/mol. The Labute approximate surface area is 122 Å². The third-order valence-electron chi connectivity index (χ3n) is 4.53. The van der Waals surface area contributed by atoms with Crippen molar-refractivity contribution >= 4 is 16.8 Å². The summed E-state index contributed by atoms with van der Waals surface area (Å²) in [6.07, 6.45) is 0.678. The number of hydrogen-bond acceptors (Lipinski definition) is 3. The second kappa shape index (κ2) is 4.43. The molecule has 1 aromatic heterocycles. The average molecular weight is 286 g/mol. The summed E-state index contributed by atoms with van der Waals surface area (Å²) in [5.41, 5.74) is -0.696. The largest absolute Gasteiger partial charge is 0.365 e. The number of benzene rings is 1. The van der Waals surface area contributed by atoms with Crippen LogP contribution in [0.25, 0.3) is 10.9 Å². The Kier molecular flexibility index (Phi) is 2.92. The number of para-hydroxylation sites is 1. The number of aryl methyl sites for hydroxylation is 1. The summed E-state index contributed by atoms with van der Waals surface area (Å²) in [5, 5.41) is 14.0. The number of rotatable bonds is 2. The predicted octanol–water partition coefficient (Wildman–Crippen LogP) is 1.47. The third kappa shape index (κ3) is 1.67. The lowest BCUT2D eigenvalue weighted by Gasteiger charge is -2.31. The summed E-state index contributed by atoms with van der Waals surface area (Å²) in [7, 11) is 1.77. The monoisotopic (exact) mass is 286 g/mol. The van der Waals surface area contributed by atoms with Crippen molar-refractivity contribution in [3.63, 3.8) is 0 Å². The van der Waals surface area contributed by atoms with Crippen LogP contribution >= 0.6 is 0 Å². The van der Waals surface area contributed by atoms with E-state index >= 15 is 0 Å². The smallest absolute Gasteiger partial charge is 0.259 e.